The normalized spacial score (nSPS) is 17.3. The topological polar surface area (TPSA) is 53.7 Å². The van der Waals surface area contributed by atoms with Gasteiger partial charge in [-0.3, -0.25) is 0 Å². The molecule has 0 saturated heterocycles. The second kappa shape index (κ2) is 5.41. The summed E-state index contributed by atoms with van der Waals surface area (Å²) in [5, 5.41) is 0. The van der Waals surface area contributed by atoms with E-state index in [-0.39, 0.29) is 5.54 Å². The van der Waals surface area contributed by atoms with E-state index in [1.165, 1.54) is 11.1 Å². The molecule has 2 heterocycles. The monoisotopic (exact) mass is 291 g/mol. The van der Waals surface area contributed by atoms with Crippen LogP contribution in [-0.4, -0.2) is 25.9 Å². The highest BCUT2D eigenvalue weighted by Gasteiger charge is 2.31. The van der Waals surface area contributed by atoms with Crippen molar-refractivity contribution in [1.82, 2.24) is 0 Å². The molecule has 0 aliphatic carbocycles. The van der Waals surface area contributed by atoms with Crippen LogP contribution in [-0.2, 0) is 19.3 Å². The van der Waals surface area contributed by atoms with E-state index in [0.717, 1.165) is 68.1 Å². The van der Waals surface area contributed by atoms with Crippen LogP contribution >= 0.6 is 0 Å². The van der Waals surface area contributed by atoms with Gasteiger partial charge in [0.15, 0.2) is 11.5 Å². The first-order valence-corrected chi connectivity index (χ1v) is 7.80. The minimum atomic E-state index is -0.269. The van der Waals surface area contributed by atoms with Crippen LogP contribution in [0.15, 0.2) is 0 Å². The Balaban J connectivity index is 2.21. The Morgan fingerprint density at radius 1 is 1.05 bits per heavy atom. The third kappa shape index (κ3) is 2.69. The molecule has 1 aromatic rings. The Kier molecular flexibility index (Phi) is 3.74. The predicted molar refractivity (Wildman–Crippen MR) is 82.6 cm³/mol. The minimum Gasteiger partial charge on any atom is -0.493 e. The zero-order chi connectivity index (χ0) is 15.0. The van der Waals surface area contributed by atoms with Crippen LogP contribution in [0.4, 0.5) is 0 Å². The average Bonchev–Trinajstić information content (AvgIpc) is 2.46. The van der Waals surface area contributed by atoms with Gasteiger partial charge >= 0.3 is 0 Å². The first-order valence-electron chi connectivity index (χ1n) is 7.80. The fourth-order valence-corrected chi connectivity index (χ4v) is 3.36. The molecule has 0 spiro atoms. The molecule has 116 valence electrons. The lowest BCUT2D eigenvalue weighted by atomic mass is 9.86. The van der Waals surface area contributed by atoms with E-state index >= 15 is 0 Å². The van der Waals surface area contributed by atoms with Gasteiger partial charge in [0.25, 0.3) is 0 Å². The number of nitrogens with two attached hydrogens (primary N) is 1. The van der Waals surface area contributed by atoms with Crippen molar-refractivity contribution in [1.29, 1.82) is 0 Å². The summed E-state index contributed by atoms with van der Waals surface area (Å²) in [6, 6.07) is 0. The molecule has 0 unspecified atom stereocenters. The van der Waals surface area contributed by atoms with Gasteiger partial charge in [-0.25, -0.2) is 0 Å². The SMILES string of the molecule is COc1c2c(c(CC(C)(C)N)c3c1OCCC3)OCCC2. The maximum absolute atomic E-state index is 6.28. The molecular weight excluding hydrogens is 266 g/mol. The first kappa shape index (κ1) is 14.5. The van der Waals surface area contributed by atoms with Crippen LogP contribution in [0.25, 0.3) is 0 Å². The highest BCUT2D eigenvalue weighted by Crippen LogP contribution is 2.48. The molecule has 0 bridgehead atoms. The average molecular weight is 291 g/mol. The number of benzene rings is 1. The largest absolute Gasteiger partial charge is 0.493 e. The molecule has 0 saturated carbocycles. The molecule has 3 rings (SSSR count). The Labute approximate surface area is 126 Å². The van der Waals surface area contributed by atoms with Gasteiger partial charge in [0, 0.05) is 22.2 Å². The van der Waals surface area contributed by atoms with Crippen LogP contribution in [0.2, 0.25) is 0 Å². The highest BCUT2D eigenvalue weighted by molar-refractivity contribution is 5.64. The van der Waals surface area contributed by atoms with Crippen LogP contribution in [0.1, 0.15) is 43.4 Å². The molecule has 4 heteroatoms. The second-order valence-corrected chi connectivity index (χ2v) is 6.70. The van der Waals surface area contributed by atoms with Crippen LogP contribution in [0, 0.1) is 0 Å². The molecule has 2 aliphatic rings. The van der Waals surface area contributed by atoms with Crippen molar-refractivity contribution in [2.24, 2.45) is 5.73 Å². The number of hydrogen-bond donors (Lipinski definition) is 1. The number of methoxy groups -OCH3 is 1. The minimum absolute atomic E-state index is 0.269. The fourth-order valence-electron chi connectivity index (χ4n) is 3.36. The van der Waals surface area contributed by atoms with Crippen molar-refractivity contribution in [3.63, 3.8) is 0 Å². The molecule has 21 heavy (non-hydrogen) atoms. The lowest BCUT2D eigenvalue weighted by molar-refractivity contribution is 0.249. The van der Waals surface area contributed by atoms with Crippen molar-refractivity contribution < 1.29 is 14.2 Å². The summed E-state index contributed by atoms with van der Waals surface area (Å²) in [6.45, 7) is 5.65. The van der Waals surface area contributed by atoms with Gasteiger partial charge in [0.2, 0.25) is 0 Å². The molecule has 2 aliphatic heterocycles. The van der Waals surface area contributed by atoms with Gasteiger partial charge in [0.05, 0.1) is 20.3 Å². The number of ether oxygens (including phenoxy) is 3. The maximum atomic E-state index is 6.28. The molecule has 0 atom stereocenters. The molecule has 2 N–H and O–H groups in total. The standard InChI is InChI=1S/C17H25NO3/c1-17(2,18)10-13-11-6-4-9-21-16(11)15(19-3)12-7-5-8-20-14(12)13/h4-10,18H2,1-3H3. The lowest BCUT2D eigenvalue weighted by Gasteiger charge is -2.32. The lowest BCUT2D eigenvalue weighted by Crippen LogP contribution is -2.35. The van der Waals surface area contributed by atoms with Crippen molar-refractivity contribution in [3.05, 3.63) is 16.7 Å². The van der Waals surface area contributed by atoms with Crippen molar-refractivity contribution >= 4 is 0 Å². The smallest absolute Gasteiger partial charge is 0.167 e. The zero-order valence-corrected chi connectivity index (χ0v) is 13.3. The van der Waals surface area contributed by atoms with Gasteiger partial charge < -0.3 is 19.9 Å². The summed E-state index contributed by atoms with van der Waals surface area (Å²) in [4.78, 5) is 0. The molecule has 0 radical (unpaired) electrons. The third-order valence-corrected chi connectivity index (χ3v) is 4.14. The Hall–Kier alpha value is -1.42. The number of rotatable bonds is 3. The quantitative estimate of drug-likeness (QED) is 0.930. The van der Waals surface area contributed by atoms with Gasteiger partial charge in [-0.05, 0) is 46.0 Å². The Bertz CT molecular complexity index is 509. The fraction of sp³-hybridized carbons (Fsp3) is 0.647. The highest BCUT2D eigenvalue weighted by atomic mass is 16.5. The van der Waals surface area contributed by atoms with E-state index in [1.807, 2.05) is 0 Å². The maximum Gasteiger partial charge on any atom is 0.167 e. The number of fused-ring (bicyclic) bond motifs is 2. The van der Waals surface area contributed by atoms with E-state index in [9.17, 15) is 0 Å². The van der Waals surface area contributed by atoms with Crippen LogP contribution < -0.4 is 19.9 Å². The van der Waals surface area contributed by atoms with E-state index in [4.69, 9.17) is 19.9 Å². The van der Waals surface area contributed by atoms with E-state index in [2.05, 4.69) is 13.8 Å². The molecule has 0 aromatic heterocycles. The van der Waals surface area contributed by atoms with E-state index in [0.29, 0.717) is 0 Å². The van der Waals surface area contributed by atoms with Crippen LogP contribution in [0.5, 0.6) is 17.2 Å². The summed E-state index contributed by atoms with van der Waals surface area (Å²) < 4.78 is 17.6. The molecule has 1 aromatic carbocycles. The van der Waals surface area contributed by atoms with Gasteiger partial charge in [-0.1, -0.05) is 0 Å². The van der Waals surface area contributed by atoms with E-state index in [1.54, 1.807) is 7.11 Å². The molecule has 4 nitrogen and oxygen atoms in total. The van der Waals surface area contributed by atoms with Gasteiger partial charge in [0.1, 0.15) is 5.75 Å². The zero-order valence-electron chi connectivity index (χ0n) is 13.3. The third-order valence-electron chi connectivity index (χ3n) is 4.14. The summed E-state index contributed by atoms with van der Waals surface area (Å²) in [6.07, 6.45) is 4.84. The van der Waals surface area contributed by atoms with Gasteiger partial charge in [-0.2, -0.15) is 0 Å². The molecule has 0 amide bonds. The summed E-state index contributed by atoms with van der Waals surface area (Å²) in [5.74, 6) is 2.80. The number of hydrogen-bond acceptors (Lipinski definition) is 4. The first-order chi connectivity index (χ1) is 10.0. The van der Waals surface area contributed by atoms with E-state index < -0.39 is 0 Å². The molecular formula is C17H25NO3. The summed E-state index contributed by atoms with van der Waals surface area (Å²) in [5.41, 5.74) is 9.63. The second-order valence-electron chi connectivity index (χ2n) is 6.70. The summed E-state index contributed by atoms with van der Waals surface area (Å²) >= 11 is 0. The van der Waals surface area contributed by atoms with Crippen LogP contribution in [0.3, 0.4) is 0 Å². The predicted octanol–water partition coefficient (Wildman–Crippen LogP) is 2.63. The molecule has 0 fully saturated rings. The van der Waals surface area contributed by atoms with Gasteiger partial charge in [-0.15, -0.1) is 0 Å². The Morgan fingerprint density at radius 2 is 1.67 bits per heavy atom. The summed E-state index contributed by atoms with van der Waals surface area (Å²) in [7, 11) is 1.72. The van der Waals surface area contributed by atoms with Crippen molar-refractivity contribution in [2.45, 2.75) is 51.5 Å². The Morgan fingerprint density at radius 3 is 2.29 bits per heavy atom. The van der Waals surface area contributed by atoms with Crippen molar-refractivity contribution in [2.75, 3.05) is 20.3 Å². The van der Waals surface area contributed by atoms with Crippen molar-refractivity contribution in [3.8, 4) is 17.2 Å².